The van der Waals surface area contributed by atoms with Crippen LogP contribution in [0.2, 0.25) is 10.0 Å². The highest BCUT2D eigenvalue weighted by molar-refractivity contribution is 6.35. The first kappa shape index (κ1) is 13.0. The monoisotopic (exact) mass is 305 g/mol. The Balaban J connectivity index is 1.88. The molecule has 7 heteroatoms. The van der Waals surface area contributed by atoms with Crippen molar-refractivity contribution in [3.63, 3.8) is 0 Å². The average Bonchev–Trinajstić information content (AvgIpc) is 2.93. The van der Waals surface area contributed by atoms with Crippen LogP contribution >= 0.6 is 23.2 Å². The molecule has 0 bridgehead atoms. The van der Waals surface area contributed by atoms with Gasteiger partial charge < -0.3 is 0 Å². The fourth-order valence-corrected chi connectivity index (χ4v) is 2.27. The highest BCUT2D eigenvalue weighted by atomic mass is 35.5. The predicted octanol–water partition coefficient (Wildman–Crippen LogP) is 3.09. The van der Waals surface area contributed by atoms with Crippen molar-refractivity contribution in [2.75, 3.05) is 0 Å². The Bertz CT molecular complexity index is 706. The van der Waals surface area contributed by atoms with Gasteiger partial charge in [0.15, 0.2) is 0 Å². The summed E-state index contributed by atoms with van der Waals surface area (Å²) in [5.74, 6) is 0.538. The maximum atomic E-state index is 6.12. The van der Waals surface area contributed by atoms with E-state index in [0.717, 1.165) is 11.1 Å². The number of aromatic nitrogens is 5. The fraction of sp³-hybridized carbons (Fsp3) is 0.0769. The number of benzene rings is 1. The second kappa shape index (κ2) is 5.56. The summed E-state index contributed by atoms with van der Waals surface area (Å²) in [6.07, 6.45) is 3.36. The molecule has 3 rings (SSSR count). The highest BCUT2D eigenvalue weighted by Gasteiger charge is 2.10. The van der Waals surface area contributed by atoms with Gasteiger partial charge in [0, 0.05) is 33.6 Å². The van der Waals surface area contributed by atoms with E-state index >= 15 is 0 Å². The molecule has 3 aromatic rings. The van der Waals surface area contributed by atoms with Crippen molar-refractivity contribution in [3.8, 4) is 11.4 Å². The largest absolute Gasteiger partial charge is 0.265 e. The molecule has 5 nitrogen and oxygen atoms in total. The van der Waals surface area contributed by atoms with Crippen LogP contribution in [-0.2, 0) is 6.54 Å². The van der Waals surface area contributed by atoms with Crippen molar-refractivity contribution in [2.45, 2.75) is 6.54 Å². The molecule has 0 atom stereocenters. The van der Waals surface area contributed by atoms with E-state index in [2.05, 4.69) is 20.4 Å². The molecule has 0 radical (unpaired) electrons. The second-order valence-corrected chi connectivity index (χ2v) is 4.89. The first-order valence-electron chi connectivity index (χ1n) is 5.85. The van der Waals surface area contributed by atoms with Crippen LogP contribution in [-0.4, -0.2) is 25.2 Å². The average molecular weight is 306 g/mol. The van der Waals surface area contributed by atoms with Gasteiger partial charge in [-0.05, 0) is 29.5 Å². The first-order valence-corrected chi connectivity index (χ1v) is 6.61. The van der Waals surface area contributed by atoms with E-state index in [-0.39, 0.29) is 0 Å². The minimum atomic E-state index is 0.372. The molecule has 0 aliphatic rings. The van der Waals surface area contributed by atoms with Gasteiger partial charge >= 0.3 is 0 Å². The predicted molar refractivity (Wildman–Crippen MR) is 76.6 cm³/mol. The van der Waals surface area contributed by atoms with Crippen LogP contribution in [0.15, 0.2) is 42.7 Å². The zero-order chi connectivity index (χ0) is 13.9. The zero-order valence-electron chi connectivity index (χ0n) is 10.2. The summed E-state index contributed by atoms with van der Waals surface area (Å²) in [6.45, 7) is 0.372. The lowest BCUT2D eigenvalue weighted by molar-refractivity contribution is 0.573. The maximum Gasteiger partial charge on any atom is 0.205 e. The van der Waals surface area contributed by atoms with Gasteiger partial charge in [-0.15, -0.1) is 10.2 Å². The molecule has 2 heterocycles. The number of pyridine rings is 1. The lowest BCUT2D eigenvalue weighted by atomic mass is 10.2. The molecule has 0 N–H and O–H groups in total. The van der Waals surface area contributed by atoms with Crippen LogP contribution in [0.3, 0.4) is 0 Å². The Hall–Kier alpha value is -1.98. The molecule has 1 aromatic carbocycles. The smallest absolute Gasteiger partial charge is 0.205 e. The van der Waals surface area contributed by atoms with E-state index in [9.17, 15) is 0 Å². The van der Waals surface area contributed by atoms with Crippen LogP contribution in [0.4, 0.5) is 0 Å². The quantitative estimate of drug-likeness (QED) is 0.746. The van der Waals surface area contributed by atoms with Gasteiger partial charge in [0.2, 0.25) is 5.82 Å². The van der Waals surface area contributed by atoms with Gasteiger partial charge in [-0.25, -0.2) is 0 Å². The van der Waals surface area contributed by atoms with Crippen LogP contribution in [0.5, 0.6) is 0 Å². The fourth-order valence-electron chi connectivity index (χ4n) is 1.75. The lowest BCUT2D eigenvalue weighted by Gasteiger charge is -2.04. The molecule has 0 saturated heterocycles. The van der Waals surface area contributed by atoms with Crippen molar-refractivity contribution >= 4 is 23.2 Å². The molecule has 0 unspecified atom stereocenters. The third-order valence-corrected chi connectivity index (χ3v) is 3.46. The Labute approximate surface area is 125 Å². The lowest BCUT2D eigenvalue weighted by Crippen LogP contribution is -2.05. The number of rotatable bonds is 3. The van der Waals surface area contributed by atoms with E-state index < -0.39 is 0 Å². The van der Waals surface area contributed by atoms with Gasteiger partial charge in [-0.1, -0.05) is 29.3 Å². The van der Waals surface area contributed by atoms with Crippen LogP contribution < -0.4 is 0 Å². The normalized spacial score (nSPS) is 10.7. The molecule has 0 spiro atoms. The molecule has 0 amide bonds. The molecule has 2 aromatic heterocycles. The topological polar surface area (TPSA) is 56.5 Å². The van der Waals surface area contributed by atoms with Crippen LogP contribution in [0.25, 0.3) is 11.4 Å². The standard InChI is InChI=1S/C13H9Cl2N5/c14-11-2-1-3-12(15)10(11)8-20-18-13(17-19-20)9-4-6-16-7-5-9/h1-7H,8H2. The second-order valence-electron chi connectivity index (χ2n) is 4.08. The molecule has 0 saturated carbocycles. The van der Waals surface area contributed by atoms with E-state index in [0.29, 0.717) is 22.4 Å². The Morgan fingerprint density at radius 1 is 1.00 bits per heavy atom. The van der Waals surface area contributed by atoms with E-state index in [1.54, 1.807) is 30.6 Å². The number of tetrazole rings is 1. The summed E-state index contributed by atoms with van der Waals surface area (Å²) in [7, 11) is 0. The van der Waals surface area contributed by atoms with Crippen molar-refractivity contribution in [1.82, 2.24) is 25.2 Å². The number of hydrogen-bond acceptors (Lipinski definition) is 4. The van der Waals surface area contributed by atoms with E-state index in [1.807, 2.05) is 12.1 Å². The summed E-state index contributed by atoms with van der Waals surface area (Å²) in [5, 5.41) is 13.5. The Morgan fingerprint density at radius 3 is 2.40 bits per heavy atom. The minimum absolute atomic E-state index is 0.372. The number of nitrogens with zero attached hydrogens (tertiary/aromatic N) is 5. The van der Waals surface area contributed by atoms with Gasteiger partial charge in [0.05, 0.1) is 6.54 Å². The van der Waals surface area contributed by atoms with Gasteiger partial charge in [0.1, 0.15) is 0 Å². The van der Waals surface area contributed by atoms with Gasteiger partial charge in [-0.3, -0.25) is 4.98 Å². The van der Waals surface area contributed by atoms with Gasteiger partial charge in [0.25, 0.3) is 0 Å². The summed E-state index contributed by atoms with van der Waals surface area (Å²) in [6, 6.07) is 9.01. The molecular weight excluding hydrogens is 297 g/mol. The third kappa shape index (κ3) is 2.64. The highest BCUT2D eigenvalue weighted by Crippen LogP contribution is 2.24. The van der Waals surface area contributed by atoms with E-state index in [1.165, 1.54) is 4.80 Å². The van der Waals surface area contributed by atoms with Crippen molar-refractivity contribution in [2.24, 2.45) is 0 Å². The number of halogens is 2. The molecule has 0 aliphatic heterocycles. The Kier molecular flexibility index (Phi) is 3.62. The van der Waals surface area contributed by atoms with E-state index in [4.69, 9.17) is 23.2 Å². The molecule has 0 fully saturated rings. The molecular formula is C13H9Cl2N5. The molecule has 20 heavy (non-hydrogen) atoms. The van der Waals surface area contributed by atoms with Crippen LogP contribution in [0, 0.1) is 0 Å². The van der Waals surface area contributed by atoms with Crippen LogP contribution in [0.1, 0.15) is 5.56 Å². The third-order valence-electron chi connectivity index (χ3n) is 2.75. The molecule has 0 aliphatic carbocycles. The van der Waals surface area contributed by atoms with Crippen molar-refractivity contribution < 1.29 is 0 Å². The SMILES string of the molecule is Clc1cccc(Cl)c1Cn1nnc(-c2ccncc2)n1. The van der Waals surface area contributed by atoms with Crippen molar-refractivity contribution in [1.29, 1.82) is 0 Å². The zero-order valence-corrected chi connectivity index (χ0v) is 11.8. The summed E-state index contributed by atoms with van der Waals surface area (Å²) < 4.78 is 0. The maximum absolute atomic E-state index is 6.12. The summed E-state index contributed by atoms with van der Waals surface area (Å²) >= 11 is 12.2. The minimum Gasteiger partial charge on any atom is -0.265 e. The number of hydrogen-bond donors (Lipinski definition) is 0. The van der Waals surface area contributed by atoms with Gasteiger partial charge in [-0.2, -0.15) is 4.80 Å². The van der Waals surface area contributed by atoms with Crippen molar-refractivity contribution in [3.05, 3.63) is 58.3 Å². The first-order chi connectivity index (χ1) is 9.74. The summed E-state index contributed by atoms with van der Waals surface area (Å²) in [4.78, 5) is 5.41. The Morgan fingerprint density at radius 2 is 1.70 bits per heavy atom. The molecule has 100 valence electrons. The summed E-state index contributed by atoms with van der Waals surface area (Å²) in [5.41, 5.74) is 1.63.